The Morgan fingerprint density at radius 3 is 2.54 bits per heavy atom. The van der Waals surface area contributed by atoms with Crippen molar-refractivity contribution in [2.75, 3.05) is 11.9 Å². The van der Waals surface area contributed by atoms with Crippen LogP contribution in [-0.2, 0) is 14.8 Å². The standard InChI is InChI=1S/C15H19N3O5S/c1-4-22-12-5-7-13(8-6-12)24(20,21)18-11(3)15(19)16-14-9-10(2)23-17-14/h5-9,11,18H,4H2,1-3H3,(H,16,17,19)/t11-/m0/s1. The van der Waals surface area contributed by atoms with Gasteiger partial charge in [0.2, 0.25) is 15.9 Å². The van der Waals surface area contributed by atoms with Crippen molar-refractivity contribution in [1.29, 1.82) is 0 Å². The smallest absolute Gasteiger partial charge is 0.243 e. The molecule has 2 N–H and O–H groups in total. The summed E-state index contributed by atoms with van der Waals surface area (Å²) in [7, 11) is -3.83. The van der Waals surface area contributed by atoms with Crippen LogP contribution in [0.5, 0.6) is 5.75 Å². The summed E-state index contributed by atoms with van der Waals surface area (Å²) >= 11 is 0. The number of nitrogens with one attached hydrogen (secondary N) is 2. The minimum absolute atomic E-state index is 0.0443. The lowest BCUT2D eigenvalue weighted by Crippen LogP contribution is -2.41. The highest BCUT2D eigenvalue weighted by molar-refractivity contribution is 7.89. The molecule has 1 atom stereocenters. The molecule has 0 spiro atoms. The van der Waals surface area contributed by atoms with E-state index < -0.39 is 22.0 Å². The molecule has 1 aromatic heterocycles. The fraction of sp³-hybridized carbons (Fsp3) is 0.333. The molecule has 0 unspecified atom stereocenters. The first-order chi connectivity index (χ1) is 11.3. The fourth-order valence-electron chi connectivity index (χ4n) is 1.90. The Morgan fingerprint density at radius 2 is 2.00 bits per heavy atom. The summed E-state index contributed by atoms with van der Waals surface area (Å²) in [4.78, 5) is 12.1. The van der Waals surface area contributed by atoms with Crippen LogP contribution in [0.25, 0.3) is 0 Å². The van der Waals surface area contributed by atoms with Crippen LogP contribution in [0.2, 0.25) is 0 Å². The van der Waals surface area contributed by atoms with Gasteiger partial charge in [-0.25, -0.2) is 8.42 Å². The summed E-state index contributed by atoms with van der Waals surface area (Å²) in [5, 5.41) is 6.09. The van der Waals surface area contributed by atoms with Crippen molar-refractivity contribution >= 4 is 21.7 Å². The molecule has 8 nitrogen and oxygen atoms in total. The molecular formula is C15H19N3O5S. The third-order valence-electron chi connectivity index (χ3n) is 3.05. The molecule has 0 saturated heterocycles. The fourth-order valence-corrected chi connectivity index (χ4v) is 3.10. The zero-order valence-electron chi connectivity index (χ0n) is 13.6. The minimum Gasteiger partial charge on any atom is -0.494 e. The van der Waals surface area contributed by atoms with E-state index in [9.17, 15) is 13.2 Å². The van der Waals surface area contributed by atoms with E-state index in [1.807, 2.05) is 6.92 Å². The van der Waals surface area contributed by atoms with Gasteiger partial charge in [-0.2, -0.15) is 4.72 Å². The molecule has 1 heterocycles. The number of sulfonamides is 1. The van der Waals surface area contributed by atoms with Gasteiger partial charge < -0.3 is 14.6 Å². The summed E-state index contributed by atoms with van der Waals surface area (Å²) in [6, 6.07) is 6.49. The van der Waals surface area contributed by atoms with Gasteiger partial charge in [0.05, 0.1) is 17.5 Å². The molecule has 0 saturated carbocycles. The molecule has 2 aromatic rings. The average molecular weight is 353 g/mol. The van der Waals surface area contributed by atoms with Crippen LogP contribution in [0, 0.1) is 6.92 Å². The van der Waals surface area contributed by atoms with Gasteiger partial charge in [-0.05, 0) is 45.0 Å². The van der Waals surface area contributed by atoms with Crippen LogP contribution >= 0.6 is 0 Å². The number of benzene rings is 1. The highest BCUT2D eigenvalue weighted by atomic mass is 32.2. The number of anilines is 1. The van der Waals surface area contributed by atoms with Gasteiger partial charge in [-0.1, -0.05) is 5.16 Å². The number of aromatic nitrogens is 1. The second-order valence-electron chi connectivity index (χ2n) is 5.06. The van der Waals surface area contributed by atoms with E-state index in [0.29, 0.717) is 18.1 Å². The van der Waals surface area contributed by atoms with Crippen LogP contribution in [0.3, 0.4) is 0 Å². The Labute approximate surface area is 140 Å². The van der Waals surface area contributed by atoms with Crippen LogP contribution in [-0.4, -0.2) is 32.1 Å². The Balaban J connectivity index is 2.03. The summed E-state index contributed by atoms with van der Waals surface area (Å²) in [5.74, 6) is 0.791. The van der Waals surface area contributed by atoms with Crippen molar-refractivity contribution < 1.29 is 22.5 Å². The molecule has 2 rings (SSSR count). The Morgan fingerprint density at radius 1 is 1.33 bits per heavy atom. The zero-order chi connectivity index (χ0) is 17.7. The monoisotopic (exact) mass is 353 g/mol. The lowest BCUT2D eigenvalue weighted by Gasteiger charge is -2.13. The van der Waals surface area contributed by atoms with Crippen LogP contribution in [0.15, 0.2) is 39.8 Å². The van der Waals surface area contributed by atoms with E-state index in [4.69, 9.17) is 9.26 Å². The third kappa shape index (κ3) is 4.56. The highest BCUT2D eigenvalue weighted by Gasteiger charge is 2.22. The molecule has 1 aromatic carbocycles. The Bertz CT molecular complexity index is 799. The van der Waals surface area contributed by atoms with Gasteiger partial charge in [0.25, 0.3) is 0 Å². The van der Waals surface area contributed by atoms with E-state index in [-0.39, 0.29) is 10.7 Å². The molecule has 0 radical (unpaired) electrons. The highest BCUT2D eigenvalue weighted by Crippen LogP contribution is 2.16. The topological polar surface area (TPSA) is 111 Å². The molecule has 130 valence electrons. The maximum absolute atomic E-state index is 12.3. The summed E-state index contributed by atoms with van der Waals surface area (Å²) in [5.41, 5.74) is 0. The van der Waals surface area contributed by atoms with Gasteiger partial charge in [0, 0.05) is 6.07 Å². The van der Waals surface area contributed by atoms with E-state index in [2.05, 4.69) is 15.2 Å². The summed E-state index contributed by atoms with van der Waals surface area (Å²) < 4.78 is 37.0. The normalized spacial score (nSPS) is 12.6. The van der Waals surface area contributed by atoms with Gasteiger partial charge in [-0.3, -0.25) is 4.79 Å². The van der Waals surface area contributed by atoms with E-state index in [1.54, 1.807) is 19.1 Å². The number of rotatable bonds is 7. The Hall–Kier alpha value is -2.39. The molecule has 0 aliphatic rings. The SMILES string of the molecule is CCOc1ccc(S(=O)(=O)N[C@@H](C)C(=O)Nc2cc(C)on2)cc1. The number of carbonyl (C=O) groups is 1. The molecule has 9 heteroatoms. The van der Waals surface area contributed by atoms with E-state index in [1.165, 1.54) is 25.1 Å². The largest absolute Gasteiger partial charge is 0.494 e. The van der Waals surface area contributed by atoms with Crippen molar-refractivity contribution in [3.63, 3.8) is 0 Å². The summed E-state index contributed by atoms with van der Waals surface area (Å²) in [6.07, 6.45) is 0. The quantitative estimate of drug-likeness (QED) is 0.784. The predicted octanol–water partition coefficient (Wildman–Crippen LogP) is 1.69. The van der Waals surface area contributed by atoms with Gasteiger partial charge >= 0.3 is 0 Å². The maximum Gasteiger partial charge on any atom is 0.243 e. The lowest BCUT2D eigenvalue weighted by molar-refractivity contribution is -0.117. The van der Waals surface area contributed by atoms with E-state index in [0.717, 1.165) is 0 Å². The molecule has 0 bridgehead atoms. The lowest BCUT2D eigenvalue weighted by atomic mass is 10.3. The van der Waals surface area contributed by atoms with Crippen LogP contribution in [0.4, 0.5) is 5.82 Å². The van der Waals surface area contributed by atoms with Crippen LogP contribution < -0.4 is 14.8 Å². The molecule has 1 amide bonds. The molecule has 0 aliphatic heterocycles. The van der Waals surface area contributed by atoms with Gasteiger partial charge in [0.1, 0.15) is 11.5 Å². The van der Waals surface area contributed by atoms with E-state index >= 15 is 0 Å². The molecular weight excluding hydrogens is 334 g/mol. The number of ether oxygens (including phenoxy) is 1. The van der Waals surface area contributed by atoms with Crippen molar-refractivity contribution in [2.24, 2.45) is 0 Å². The second-order valence-corrected chi connectivity index (χ2v) is 6.77. The number of amides is 1. The number of hydrogen-bond acceptors (Lipinski definition) is 6. The number of carbonyl (C=O) groups excluding carboxylic acids is 1. The first-order valence-corrected chi connectivity index (χ1v) is 8.79. The molecule has 0 fully saturated rings. The minimum atomic E-state index is -3.83. The van der Waals surface area contributed by atoms with Crippen molar-refractivity contribution in [3.8, 4) is 5.75 Å². The average Bonchev–Trinajstić information content (AvgIpc) is 2.93. The Kier molecular flexibility index (Phi) is 5.58. The van der Waals surface area contributed by atoms with Crippen molar-refractivity contribution in [2.45, 2.75) is 31.7 Å². The third-order valence-corrected chi connectivity index (χ3v) is 4.61. The first kappa shape index (κ1) is 18.0. The maximum atomic E-state index is 12.3. The van der Waals surface area contributed by atoms with Crippen LogP contribution in [0.1, 0.15) is 19.6 Å². The van der Waals surface area contributed by atoms with Crippen molar-refractivity contribution in [3.05, 3.63) is 36.1 Å². The van der Waals surface area contributed by atoms with Gasteiger partial charge in [0.15, 0.2) is 5.82 Å². The first-order valence-electron chi connectivity index (χ1n) is 7.31. The van der Waals surface area contributed by atoms with Gasteiger partial charge in [-0.15, -0.1) is 0 Å². The number of hydrogen-bond donors (Lipinski definition) is 2. The van der Waals surface area contributed by atoms with Crippen molar-refractivity contribution in [1.82, 2.24) is 9.88 Å². The second kappa shape index (κ2) is 7.45. The summed E-state index contributed by atoms with van der Waals surface area (Å²) in [6.45, 7) is 5.45. The predicted molar refractivity (Wildman–Crippen MR) is 87.3 cm³/mol. The zero-order valence-corrected chi connectivity index (χ0v) is 14.4. The number of nitrogens with zero attached hydrogens (tertiary/aromatic N) is 1. The number of aryl methyl sites for hydroxylation is 1. The molecule has 0 aliphatic carbocycles. The molecule has 24 heavy (non-hydrogen) atoms.